The quantitative estimate of drug-likeness (QED) is 0.206. The van der Waals surface area contributed by atoms with E-state index in [1.165, 1.54) is 6.07 Å². The molecule has 2 aliphatic rings. The number of aryl methyl sites for hydroxylation is 4. The third-order valence-electron chi connectivity index (χ3n) is 9.52. The fourth-order valence-electron chi connectivity index (χ4n) is 7.25. The maximum absolute atomic E-state index is 16.8. The zero-order chi connectivity index (χ0) is 35.9. The minimum atomic E-state index is -1.57. The van der Waals surface area contributed by atoms with Gasteiger partial charge in [-0.25, -0.2) is 17.9 Å². The van der Waals surface area contributed by atoms with Gasteiger partial charge in [-0.05, 0) is 100 Å². The normalized spacial score (nSPS) is 17.1. The molecule has 0 spiro atoms. The number of carbonyl (C=O) groups excluding carboxylic acids is 1. The Hall–Kier alpha value is -3.99. The number of benzene rings is 2. The summed E-state index contributed by atoms with van der Waals surface area (Å²) in [6.45, 7) is 13.7. The Morgan fingerprint density at radius 1 is 1.02 bits per heavy atom. The summed E-state index contributed by atoms with van der Waals surface area (Å²) in [6.07, 6.45) is 1.23. The van der Waals surface area contributed by atoms with Crippen molar-refractivity contribution in [3.63, 3.8) is 0 Å². The van der Waals surface area contributed by atoms with E-state index in [4.69, 9.17) is 0 Å². The first-order valence-corrected chi connectivity index (χ1v) is 17.1. The summed E-state index contributed by atoms with van der Waals surface area (Å²) in [5.41, 5.74) is 2.29. The van der Waals surface area contributed by atoms with E-state index in [-0.39, 0.29) is 23.8 Å². The zero-order valence-corrected chi connectivity index (χ0v) is 29.4. The van der Waals surface area contributed by atoms with Crippen LogP contribution in [0.2, 0.25) is 0 Å². The van der Waals surface area contributed by atoms with E-state index in [0.29, 0.717) is 48.4 Å². The highest BCUT2D eigenvalue weighted by Crippen LogP contribution is 2.46. The van der Waals surface area contributed by atoms with Gasteiger partial charge in [-0.2, -0.15) is 5.10 Å². The maximum Gasteiger partial charge on any atom is 0.305 e. The van der Waals surface area contributed by atoms with Crippen molar-refractivity contribution in [1.82, 2.24) is 20.0 Å². The number of aliphatic carboxylic acids is 1. The van der Waals surface area contributed by atoms with Crippen molar-refractivity contribution < 1.29 is 27.9 Å². The van der Waals surface area contributed by atoms with Gasteiger partial charge in [0, 0.05) is 42.7 Å². The number of likely N-dealkylation sites (tertiary alicyclic amines) is 1. The number of halogens is 3. The molecule has 0 bridgehead atoms. The number of nitrogens with zero attached hydrogens (tertiary/aromatic N) is 3. The number of hydrogen-bond acceptors (Lipinski definition) is 5. The zero-order valence-electron chi connectivity index (χ0n) is 29.4. The first kappa shape index (κ1) is 36.3. The second-order valence-corrected chi connectivity index (χ2v) is 14.8. The van der Waals surface area contributed by atoms with Gasteiger partial charge in [-0.3, -0.25) is 19.3 Å². The minimum absolute atomic E-state index is 0.0968. The van der Waals surface area contributed by atoms with E-state index in [9.17, 15) is 23.9 Å². The topological polar surface area (TPSA) is 105 Å². The predicted octanol–water partition coefficient (Wildman–Crippen LogP) is 6.81. The first-order valence-electron chi connectivity index (χ1n) is 17.1. The van der Waals surface area contributed by atoms with Gasteiger partial charge >= 0.3 is 5.97 Å². The number of carbonyl (C=O) groups is 2. The molecule has 1 aliphatic carbocycles. The minimum Gasteiger partial charge on any atom is -0.481 e. The Kier molecular flexibility index (Phi) is 10.4. The van der Waals surface area contributed by atoms with Gasteiger partial charge in [0.2, 0.25) is 5.91 Å². The van der Waals surface area contributed by atoms with Crippen LogP contribution in [-0.2, 0) is 16.0 Å². The molecule has 8 nitrogen and oxygen atoms in total. The molecule has 0 unspecified atom stereocenters. The number of aromatic nitrogens is 2. The molecule has 2 N–H and O–H groups in total. The van der Waals surface area contributed by atoms with Gasteiger partial charge in [-0.1, -0.05) is 31.5 Å². The summed E-state index contributed by atoms with van der Waals surface area (Å²) in [4.78, 5) is 41.7. The van der Waals surface area contributed by atoms with Gasteiger partial charge in [-0.15, -0.1) is 0 Å². The molecule has 264 valence electrons. The molecule has 1 saturated carbocycles. The summed E-state index contributed by atoms with van der Waals surface area (Å²) in [7, 11) is 0. The lowest BCUT2D eigenvalue weighted by Crippen LogP contribution is -2.57. The Morgan fingerprint density at radius 3 is 2.20 bits per heavy atom. The second-order valence-electron chi connectivity index (χ2n) is 14.8. The van der Waals surface area contributed by atoms with Crippen LogP contribution in [0.25, 0.3) is 11.1 Å². The number of carboxylic acid groups (broad SMARTS) is 1. The van der Waals surface area contributed by atoms with Crippen LogP contribution >= 0.6 is 0 Å². The van der Waals surface area contributed by atoms with Crippen LogP contribution < -0.4 is 10.9 Å². The monoisotopic (exact) mass is 680 g/mol. The van der Waals surface area contributed by atoms with Crippen LogP contribution in [0, 0.1) is 45.2 Å². The van der Waals surface area contributed by atoms with Gasteiger partial charge < -0.3 is 10.4 Å². The third kappa shape index (κ3) is 8.09. The number of carboxylic acids is 1. The highest BCUT2D eigenvalue weighted by molar-refractivity contribution is 5.82. The molecule has 1 aromatic heterocycles. The molecule has 3 aromatic rings. The molecule has 0 radical (unpaired) electrons. The standard InChI is InChI=1S/C38H47F3N4O4/c1-20(2)12-30(45-37(49)24(6)15-26(43-45)10-11-44-18-38(7,41)19-44)36(48)42-29(17-31(46)47)33-34(39)27(25-8-9-25)16-28(35(33)40)32-22(4)13-21(3)14-23(32)5/h13-16,20,25,29-30H,8-12,17-19H2,1-7H3,(H,42,48)(H,46,47)/t29-,30-/m0/s1. The maximum atomic E-state index is 16.8. The summed E-state index contributed by atoms with van der Waals surface area (Å²) >= 11 is 0. The van der Waals surface area contributed by atoms with E-state index in [1.807, 2.05) is 51.7 Å². The largest absolute Gasteiger partial charge is 0.481 e. The summed E-state index contributed by atoms with van der Waals surface area (Å²) in [5, 5.41) is 17.1. The number of hydrogen-bond donors (Lipinski definition) is 2. The lowest BCUT2D eigenvalue weighted by molar-refractivity contribution is -0.138. The van der Waals surface area contributed by atoms with Crippen LogP contribution in [0.1, 0.15) is 104 Å². The number of amides is 1. The van der Waals surface area contributed by atoms with Crippen LogP contribution in [-0.4, -0.2) is 57.0 Å². The average Bonchev–Trinajstić information content (AvgIpc) is 3.81. The Bertz CT molecular complexity index is 1800. The van der Waals surface area contributed by atoms with E-state index in [1.54, 1.807) is 19.9 Å². The highest BCUT2D eigenvalue weighted by atomic mass is 19.1. The number of rotatable bonds is 13. The van der Waals surface area contributed by atoms with Crippen molar-refractivity contribution in [1.29, 1.82) is 0 Å². The lowest BCUT2D eigenvalue weighted by atomic mass is 9.87. The summed E-state index contributed by atoms with van der Waals surface area (Å²) < 4.78 is 48.3. The van der Waals surface area contributed by atoms with Crippen molar-refractivity contribution >= 4 is 11.9 Å². The Labute approximate surface area is 285 Å². The number of alkyl halides is 1. The molecule has 2 heterocycles. The molecule has 1 aliphatic heterocycles. The van der Waals surface area contributed by atoms with Crippen LogP contribution in [0.15, 0.2) is 29.1 Å². The smallest absolute Gasteiger partial charge is 0.305 e. The molecule has 1 amide bonds. The lowest BCUT2D eigenvalue weighted by Gasteiger charge is -2.42. The first-order chi connectivity index (χ1) is 23.0. The molecular weight excluding hydrogens is 633 g/mol. The fraction of sp³-hybridized carbons (Fsp3) is 0.526. The predicted molar refractivity (Wildman–Crippen MR) is 182 cm³/mol. The van der Waals surface area contributed by atoms with E-state index in [2.05, 4.69) is 10.4 Å². The Balaban J connectivity index is 1.55. The molecule has 2 fully saturated rings. The molecule has 1 saturated heterocycles. The van der Waals surface area contributed by atoms with Crippen LogP contribution in [0.5, 0.6) is 0 Å². The van der Waals surface area contributed by atoms with Crippen molar-refractivity contribution in [3.8, 4) is 11.1 Å². The van der Waals surface area contributed by atoms with E-state index < -0.39 is 58.8 Å². The molecule has 2 atom stereocenters. The van der Waals surface area contributed by atoms with Crippen LogP contribution in [0.3, 0.4) is 0 Å². The summed E-state index contributed by atoms with van der Waals surface area (Å²) in [6, 6.07) is 4.26. The van der Waals surface area contributed by atoms with Gasteiger partial charge in [0.1, 0.15) is 23.3 Å². The van der Waals surface area contributed by atoms with Gasteiger partial charge in [0.05, 0.1) is 18.2 Å². The van der Waals surface area contributed by atoms with Crippen molar-refractivity contribution in [2.45, 2.75) is 104 Å². The van der Waals surface area contributed by atoms with Crippen LogP contribution in [0.4, 0.5) is 13.2 Å². The molecule has 5 rings (SSSR count). The SMILES string of the molecule is Cc1cc(C)c(-c2cc(C3CC3)c(F)c([C@H](CC(=O)O)NC(=O)[C@H](CC(C)C)n3nc(CCN4CC(C)(F)C4)cc(C)c3=O)c2F)c(C)c1. The summed E-state index contributed by atoms with van der Waals surface area (Å²) in [5.74, 6) is -4.13. The second kappa shape index (κ2) is 14.1. The van der Waals surface area contributed by atoms with E-state index >= 15 is 8.78 Å². The van der Waals surface area contributed by atoms with Crippen molar-refractivity contribution in [2.24, 2.45) is 5.92 Å². The van der Waals surface area contributed by atoms with Gasteiger partial charge in [0.25, 0.3) is 5.56 Å². The third-order valence-corrected chi connectivity index (χ3v) is 9.52. The van der Waals surface area contributed by atoms with E-state index in [0.717, 1.165) is 34.2 Å². The van der Waals surface area contributed by atoms with Crippen molar-refractivity contribution in [2.75, 3.05) is 19.6 Å². The highest BCUT2D eigenvalue weighted by Gasteiger charge is 2.39. The number of nitrogens with one attached hydrogen (secondary N) is 1. The van der Waals surface area contributed by atoms with Crippen molar-refractivity contribution in [3.05, 3.63) is 85.3 Å². The fourth-order valence-corrected chi connectivity index (χ4v) is 7.25. The molecule has 49 heavy (non-hydrogen) atoms. The Morgan fingerprint density at radius 2 is 1.65 bits per heavy atom. The average molecular weight is 681 g/mol. The molecule has 2 aromatic carbocycles. The molecule has 11 heteroatoms. The van der Waals surface area contributed by atoms with Gasteiger partial charge in [0.15, 0.2) is 0 Å². The molecular formula is C38H47F3N4O4.